The predicted molar refractivity (Wildman–Crippen MR) is 80.3 cm³/mol. The molecule has 0 radical (unpaired) electrons. The van der Waals surface area contributed by atoms with Crippen molar-refractivity contribution < 1.29 is 0 Å². The van der Waals surface area contributed by atoms with Crippen LogP contribution in [0, 0.1) is 41.5 Å². The number of hydrogen-bond acceptors (Lipinski definition) is 0. The van der Waals surface area contributed by atoms with Gasteiger partial charge in [-0.15, -0.1) is 0 Å². The third-order valence-electron chi connectivity index (χ3n) is 3.87. The van der Waals surface area contributed by atoms with Crippen LogP contribution in [-0.2, 0) is 0 Å². The monoisotopic (exact) mass is 238 g/mol. The summed E-state index contributed by atoms with van der Waals surface area (Å²) in [6.45, 7) is 13.2. The van der Waals surface area contributed by atoms with E-state index in [1.807, 2.05) is 0 Å². The van der Waals surface area contributed by atoms with Gasteiger partial charge in [-0.2, -0.15) is 0 Å². The summed E-state index contributed by atoms with van der Waals surface area (Å²) in [5.41, 5.74) is 11.1. The number of rotatable bonds is 1. The molecule has 0 nitrogen and oxygen atoms in total. The molecule has 0 heterocycles. The molecule has 94 valence electrons. The molecule has 0 heteroatoms. The van der Waals surface area contributed by atoms with E-state index in [-0.39, 0.29) is 0 Å². The van der Waals surface area contributed by atoms with Crippen LogP contribution in [0.1, 0.15) is 33.4 Å². The lowest BCUT2D eigenvalue weighted by Gasteiger charge is -2.18. The first-order valence-corrected chi connectivity index (χ1v) is 6.57. The third kappa shape index (κ3) is 2.08. The molecule has 2 rings (SSSR count). The van der Waals surface area contributed by atoms with Crippen LogP contribution >= 0.6 is 0 Å². The quantitative estimate of drug-likeness (QED) is 0.640. The van der Waals surface area contributed by atoms with Gasteiger partial charge in [-0.1, -0.05) is 29.8 Å². The molecule has 0 amide bonds. The molecule has 0 N–H and O–H groups in total. The Morgan fingerprint density at radius 3 is 1.61 bits per heavy atom. The van der Waals surface area contributed by atoms with Gasteiger partial charge in [0.05, 0.1) is 0 Å². The molecule has 0 aromatic heterocycles. The highest BCUT2D eigenvalue weighted by Gasteiger charge is 2.12. The Bertz CT molecular complexity index is 581. The summed E-state index contributed by atoms with van der Waals surface area (Å²) < 4.78 is 0. The van der Waals surface area contributed by atoms with Crippen molar-refractivity contribution >= 4 is 0 Å². The van der Waals surface area contributed by atoms with Crippen molar-refractivity contribution in [3.05, 3.63) is 57.6 Å². The van der Waals surface area contributed by atoms with E-state index in [0.717, 1.165) is 0 Å². The molecule has 0 saturated heterocycles. The van der Waals surface area contributed by atoms with Crippen LogP contribution in [0.4, 0.5) is 0 Å². The normalized spacial score (nSPS) is 10.8. The lowest BCUT2D eigenvalue weighted by molar-refractivity contribution is 1.26. The summed E-state index contributed by atoms with van der Waals surface area (Å²) in [6.07, 6.45) is 0. The molecule has 0 aliphatic carbocycles. The maximum atomic E-state index is 2.28. The summed E-state index contributed by atoms with van der Waals surface area (Å²) >= 11 is 0. The Morgan fingerprint density at radius 1 is 0.556 bits per heavy atom. The van der Waals surface area contributed by atoms with Gasteiger partial charge in [0.2, 0.25) is 0 Å². The second kappa shape index (κ2) is 4.61. The highest BCUT2D eigenvalue weighted by atomic mass is 14.2. The topological polar surface area (TPSA) is 0 Å². The summed E-state index contributed by atoms with van der Waals surface area (Å²) in [5.74, 6) is 0. The fraction of sp³-hybridized carbons (Fsp3) is 0.333. The molecule has 2 aromatic carbocycles. The summed E-state index contributed by atoms with van der Waals surface area (Å²) in [6, 6.07) is 9.01. The molecule has 0 bridgehead atoms. The molecule has 0 aliphatic rings. The first kappa shape index (κ1) is 12.9. The molecule has 0 fully saturated rings. The number of benzene rings is 2. The van der Waals surface area contributed by atoms with Gasteiger partial charge >= 0.3 is 0 Å². The van der Waals surface area contributed by atoms with Crippen molar-refractivity contribution in [1.82, 2.24) is 0 Å². The highest BCUT2D eigenvalue weighted by Crippen LogP contribution is 2.34. The Balaban J connectivity index is 2.81. The van der Waals surface area contributed by atoms with Gasteiger partial charge in [0.15, 0.2) is 0 Å². The SMILES string of the molecule is Cc1cc(C)c(-c2c(C)ccc(C)c2C)c(C)c1. The van der Waals surface area contributed by atoms with Gasteiger partial charge in [0.1, 0.15) is 0 Å². The van der Waals surface area contributed by atoms with Gasteiger partial charge in [0, 0.05) is 0 Å². The zero-order chi connectivity index (χ0) is 13.4. The van der Waals surface area contributed by atoms with E-state index < -0.39 is 0 Å². The van der Waals surface area contributed by atoms with Crippen LogP contribution in [0.5, 0.6) is 0 Å². The van der Waals surface area contributed by atoms with Crippen LogP contribution in [-0.4, -0.2) is 0 Å². The van der Waals surface area contributed by atoms with Crippen LogP contribution in [0.2, 0.25) is 0 Å². The van der Waals surface area contributed by atoms with Crippen molar-refractivity contribution in [3.8, 4) is 11.1 Å². The van der Waals surface area contributed by atoms with E-state index >= 15 is 0 Å². The second-order valence-electron chi connectivity index (χ2n) is 5.47. The van der Waals surface area contributed by atoms with Crippen molar-refractivity contribution in [2.75, 3.05) is 0 Å². The molecular formula is C18H22. The van der Waals surface area contributed by atoms with E-state index in [0.29, 0.717) is 0 Å². The van der Waals surface area contributed by atoms with E-state index in [1.54, 1.807) is 0 Å². The summed E-state index contributed by atoms with van der Waals surface area (Å²) in [4.78, 5) is 0. The minimum atomic E-state index is 1.34. The van der Waals surface area contributed by atoms with Crippen LogP contribution in [0.3, 0.4) is 0 Å². The van der Waals surface area contributed by atoms with Crippen LogP contribution in [0.25, 0.3) is 11.1 Å². The summed E-state index contributed by atoms with van der Waals surface area (Å²) in [5, 5.41) is 0. The fourth-order valence-corrected chi connectivity index (χ4v) is 2.91. The maximum absolute atomic E-state index is 2.28. The first-order valence-electron chi connectivity index (χ1n) is 6.57. The first-order chi connectivity index (χ1) is 8.41. The van der Waals surface area contributed by atoms with E-state index in [2.05, 4.69) is 65.8 Å². The standard InChI is InChI=1S/C18H22/c1-11-9-14(4)17(15(5)10-11)18-13(3)8-7-12(2)16(18)6/h7-10H,1-6H3. The Kier molecular flexibility index (Phi) is 3.30. The lowest BCUT2D eigenvalue weighted by atomic mass is 9.87. The van der Waals surface area contributed by atoms with Crippen molar-refractivity contribution in [2.24, 2.45) is 0 Å². The molecule has 18 heavy (non-hydrogen) atoms. The predicted octanol–water partition coefficient (Wildman–Crippen LogP) is 5.20. The molecule has 0 unspecified atom stereocenters. The average Bonchev–Trinajstić information content (AvgIpc) is 2.27. The second-order valence-corrected chi connectivity index (χ2v) is 5.47. The Hall–Kier alpha value is -1.56. The smallest absolute Gasteiger partial charge is 0.0117 e. The van der Waals surface area contributed by atoms with Crippen molar-refractivity contribution in [1.29, 1.82) is 0 Å². The molecule has 0 aliphatic heterocycles. The molecular weight excluding hydrogens is 216 g/mol. The van der Waals surface area contributed by atoms with Gasteiger partial charge in [0.25, 0.3) is 0 Å². The lowest BCUT2D eigenvalue weighted by Crippen LogP contribution is -1.96. The van der Waals surface area contributed by atoms with Crippen LogP contribution in [0.15, 0.2) is 24.3 Å². The van der Waals surface area contributed by atoms with Gasteiger partial charge < -0.3 is 0 Å². The van der Waals surface area contributed by atoms with Crippen molar-refractivity contribution in [3.63, 3.8) is 0 Å². The van der Waals surface area contributed by atoms with Gasteiger partial charge in [-0.25, -0.2) is 0 Å². The number of aryl methyl sites for hydroxylation is 5. The zero-order valence-corrected chi connectivity index (χ0v) is 12.3. The van der Waals surface area contributed by atoms with Gasteiger partial charge in [-0.05, 0) is 80.5 Å². The Labute approximate surface area is 111 Å². The number of hydrogen-bond donors (Lipinski definition) is 0. The molecule has 2 aromatic rings. The molecule has 0 spiro atoms. The maximum Gasteiger partial charge on any atom is -0.0117 e. The van der Waals surface area contributed by atoms with Gasteiger partial charge in [-0.3, -0.25) is 0 Å². The minimum absolute atomic E-state index is 1.34. The highest BCUT2D eigenvalue weighted by molar-refractivity contribution is 5.77. The average molecular weight is 238 g/mol. The Morgan fingerprint density at radius 2 is 1.06 bits per heavy atom. The third-order valence-corrected chi connectivity index (χ3v) is 3.87. The van der Waals surface area contributed by atoms with Crippen LogP contribution < -0.4 is 0 Å². The molecule has 0 saturated carbocycles. The van der Waals surface area contributed by atoms with Crippen molar-refractivity contribution in [2.45, 2.75) is 41.5 Å². The molecule has 0 atom stereocenters. The fourth-order valence-electron chi connectivity index (χ4n) is 2.91. The largest absolute Gasteiger partial charge is 0.0588 e. The minimum Gasteiger partial charge on any atom is -0.0588 e. The van der Waals surface area contributed by atoms with E-state index in [9.17, 15) is 0 Å². The zero-order valence-electron chi connectivity index (χ0n) is 12.3. The summed E-state index contributed by atoms with van der Waals surface area (Å²) in [7, 11) is 0. The van der Waals surface area contributed by atoms with E-state index in [1.165, 1.54) is 44.5 Å². The van der Waals surface area contributed by atoms with E-state index in [4.69, 9.17) is 0 Å².